The molecule has 2 unspecified atom stereocenters. The molecule has 2 aromatic heterocycles. The number of carbonyl (C=O) groups excluding carboxylic acids is 1. The van der Waals surface area contributed by atoms with Gasteiger partial charge in [-0.05, 0) is 49.8 Å². The lowest BCUT2D eigenvalue weighted by Crippen LogP contribution is -2.40. The van der Waals surface area contributed by atoms with Crippen molar-refractivity contribution in [2.75, 3.05) is 24.5 Å². The lowest BCUT2D eigenvalue weighted by molar-refractivity contribution is -0.121. The summed E-state index contributed by atoms with van der Waals surface area (Å²) in [7, 11) is 0. The van der Waals surface area contributed by atoms with E-state index in [0.717, 1.165) is 25.1 Å². The maximum absolute atomic E-state index is 13.5. The Hall–Kier alpha value is -2.19. The molecular weight excluding hydrogens is 416 g/mol. The Kier molecular flexibility index (Phi) is 5.72. The van der Waals surface area contributed by atoms with Crippen molar-refractivity contribution in [1.29, 1.82) is 0 Å². The van der Waals surface area contributed by atoms with Crippen LogP contribution in [-0.2, 0) is 4.79 Å². The van der Waals surface area contributed by atoms with Gasteiger partial charge in [0.15, 0.2) is 0 Å². The summed E-state index contributed by atoms with van der Waals surface area (Å²) in [5.74, 6) is 1.54. The number of fused-ring (bicyclic) bond motifs is 1. The fourth-order valence-electron chi connectivity index (χ4n) is 4.35. The highest BCUT2D eigenvalue weighted by Crippen LogP contribution is 2.34. The number of aryl methyl sites for hydroxylation is 1. The van der Waals surface area contributed by atoms with Crippen LogP contribution in [0.3, 0.4) is 0 Å². The standard InChI is InChI=1S/C22H26N4O2S2/c1-5-25-21(28)17(30-22(25)29)9-16-19(24-10-14(3)8-15(4)11-24)23-18-7-6-13(2)12-26(18)20(16)27/h6-7,9,12,14-15H,5,8,10-11H2,1-4H3/b17-9-. The lowest BCUT2D eigenvalue weighted by atomic mass is 9.91. The van der Waals surface area contributed by atoms with Crippen LogP contribution in [0.5, 0.6) is 0 Å². The van der Waals surface area contributed by atoms with Crippen LogP contribution < -0.4 is 10.5 Å². The van der Waals surface area contributed by atoms with Gasteiger partial charge in [-0.2, -0.15) is 0 Å². The van der Waals surface area contributed by atoms with Crippen LogP contribution in [0.2, 0.25) is 0 Å². The lowest BCUT2D eigenvalue weighted by Gasteiger charge is -2.36. The van der Waals surface area contributed by atoms with Gasteiger partial charge in [0.2, 0.25) is 0 Å². The Balaban J connectivity index is 1.91. The van der Waals surface area contributed by atoms with Crippen molar-refractivity contribution in [2.24, 2.45) is 11.8 Å². The summed E-state index contributed by atoms with van der Waals surface area (Å²) in [4.78, 5) is 35.4. The molecule has 4 heterocycles. The molecule has 0 saturated carbocycles. The monoisotopic (exact) mass is 442 g/mol. The van der Waals surface area contributed by atoms with Crippen molar-refractivity contribution in [1.82, 2.24) is 14.3 Å². The van der Waals surface area contributed by atoms with E-state index in [1.807, 2.05) is 26.0 Å². The summed E-state index contributed by atoms with van der Waals surface area (Å²) in [6, 6.07) is 3.83. The molecule has 158 valence electrons. The first-order valence-corrected chi connectivity index (χ1v) is 11.5. The molecule has 0 aliphatic carbocycles. The quantitative estimate of drug-likeness (QED) is 0.534. The number of thioether (sulfide) groups is 1. The fourth-order valence-corrected chi connectivity index (χ4v) is 5.72. The zero-order chi connectivity index (χ0) is 21.6. The minimum atomic E-state index is -0.161. The molecule has 0 aromatic carbocycles. The number of rotatable bonds is 3. The molecule has 2 aromatic rings. The first-order valence-electron chi connectivity index (χ1n) is 10.3. The molecule has 4 rings (SSSR count). The first-order chi connectivity index (χ1) is 14.3. The van der Waals surface area contributed by atoms with Gasteiger partial charge in [-0.15, -0.1) is 0 Å². The van der Waals surface area contributed by atoms with E-state index in [-0.39, 0.29) is 11.5 Å². The number of thiocarbonyl (C=S) groups is 1. The molecule has 8 heteroatoms. The molecule has 30 heavy (non-hydrogen) atoms. The largest absolute Gasteiger partial charge is 0.355 e. The minimum absolute atomic E-state index is 0.146. The zero-order valence-corrected chi connectivity index (χ0v) is 19.3. The van der Waals surface area contributed by atoms with Gasteiger partial charge in [0.05, 0.1) is 10.5 Å². The van der Waals surface area contributed by atoms with Crippen molar-refractivity contribution in [3.8, 4) is 0 Å². The highest BCUT2D eigenvalue weighted by Gasteiger charge is 2.32. The van der Waals surface area contributed by atoms with Gasteiger partial charge >= 0.3 is 0 Å². The topological polar surface area (TPSA) is 57.9 Å². The predicted octanol–water partition coefficient (Wildman–Crippen LogP) is 3.71. The third kappa shape index (κ3) is 3.78. The van der Waals surface area contributed by atoms with Crippen molar-refractivity contribution in [2.45, 2.75) is 34.1 Å². The second kappa shape index (κ2) is 8.15. The van der Waals surface area contributed by atoms with Crippen molar-refractivity contribution in [3.05, 3.63) is 44.7 Å². The van der Waals surface area contributed by atoms with Gasteiger partial charge in [-0.25, -0.2) is 4.98 Å². The Morgan fingerprint density at radius 3 is 2.57 bits per heavy atom. The highest BCUT2D eigenvalue weighted by atomic mass is 32.2. The second-order valence-electron chi connectivity index (χ2n) is 8.37. The van der Waals surface area contributed by atoms with Crippen LogP contribution in [0.25, 0.3) is 11.7 Å². The van der Waals surface area contributed by atoms with E-state index in [4.69, 9.17) is 17.2 Å². The number of hydrogen-bond acceptors (Lipinski definition) is 6. The molecule has 2 aliphatic rings. The Labute approximate surface area is 186 Å². The van der Waals surface area contributed by atoms with Crippen LogP contribution in [0.4, 0.5) is 5.82 Å². The van der Waals surface area contributed by atoms with E-state index in [0.29, 0.717) is 44.6 Å². The summed E-state index contributed by atoms with van der Waals surface area (Å²) in [6.07, 6.45) is 4.65. The number of nitrogens with zero attached hydrogens (tertiary/aromatic N) is 4. The third-order valence-electron chi connectivity index (χ3n) is 5.62. The number of carbonyl (C=O) groups is 1. The average Bonchev–Trinajstić information content (AvgIpc) is 2.96. The van der Waals surface area contributed by atoms with Gasteiger partial charge in [-0.1, -0.05) is 43.9 Å². The van der Waals surface area contributed by atoms with E-state index >= 15 is 0 Å². The third-order valence-corrected chi connectivity index (χ3v) is 7.00. The summed E-state index contributed by atoms with van der Waals surface area (Å²) >= 11 is 6.59. The van der Waals surface area contributed by atoms with E-state index in [2.05, 4.69) is 18.7 Å². The van der Waals surface area contributed by atoms with Crippen molar-refractivity contribution >= 4 is 51.7 Å². The predicted molar refractivity (Wildman–Crippen MR) is 127 cm³/mol. The molecule has 2 aliphatic heterocycles. The summed E-state index contributed by atoms with van der Waals surface area (Å²) < 4.78 is 2.10. The van der Waals surface area contributed by atoms with E-state index in [9.17, 15) is 9.59 Å². The number of piperidine rings is 1. The van der Waals surface area contributed by atoms with Gasteiger partial charge in [0.25, 0.3) is 11.5 Å². The molecular formula is C22H26N4O2S2. The van der Waals surface area contributed by atoms with Crippen LogP contribution in [-0.4, -0.2) is 44.1 Å². The fraction of sp³-hybridized carbons (Fsp3) is 0.455. The molecule has 2 fully saturated rings. The molecule has 0 spiro atoms. The number of aromatic nitrogens is 2. The molecule has 6 nitrogen and oxygen atoms in total. The SMILES string of the molecule is CCN1C(=O)/C(=C/c2c(N3CC(C)CC(C)C3)nc3ccc(C)cn3c2=O)SC1=S. The van der Waals surface area contributed by atoms with Crippen molar-refractivity contribution < 1.29 is 4.79 Å². The number of amides is 1. The van der Waals surface area contributed by atoms with Crippen LogP contribution in [0.1, 0.15) is 38.3 Å². The summed E-state index contributed by atoms with van der Waals surface area (Å²) in [5, 5.41) is 0. The Bertz CT molecular complexity index is 1110. The molecule has 1 amide bonds. The zero-order valence-electron chi connectivity index (χ0n) is 17.7. The Morgan fingerprint density at radius 2 is 1.93 bits per heavy atom. The van der Waals surface area contributed by atoms with Crippen LogP contribution in [0, 0.1) is 18.8 Å². The summed E-state index contributed by atoms with van der Waals surface area (Å²) in [5.41, 5.74) is 1.88. The maximum Gasteiger partial charge on any atom is 0.267 e. The maximum atomic E-state index is 13.5. The molecule has 2 atom stereocenters. The van der Waals surface area contributed by atoms with E-state index < -0.39 is 0 Å². The average molecular weight is 443 g/mol. The van der Waals surface area contributed by atoms with Crippen LogP contribution in [0.15, 0.2) is 28.0 Å². The van der Waals surface area contributed by atoms with Gasteiger partial charge in [0.1, 0.15) is 15.8 Å². The van der Waals surface area contributed by atoms with Crippen molar-refractivity contribution in [3.63, 3.8) is 0 Å². The van der Waals surface area contributed by atoms with E-state index in [1.54, 1.807) is 21.6 Å². The summed E-state index contributed by atoms with van der Waals surface area (Å²) in [6.45, 7) is 10.5. The van der Waals surface area contributed by atoms with Crippen LogP contribution >= 0.6 is 24.0 Å². The molecule has 0 N–H and O–H groups in total. The smallest absolute Gasteiger partial charge is 0.267 e. The Morgan fingerprint density at radius 1 is 1.23 bits per heavy atom. The molecule has 0 bridgehead atoms. The van der Waals surface area contributed by atoms with E-state index in [1.165, 1.54) is 11.8 Å². The second-order valence-corrected chi connectivity index (χ2v) is 10.0. The number of hydrogen-bond donors (Lipinski definition) is 0. The van der Waals surface area contributed by atoms with Gasteiger partial charge < -0.3 is 4.90 Å². The minimum Gasteiger partial charge on any atom is -0.355 e. The number of anilines is 1. The van der Waals surface area contributed by atoms with Gasteiger partial charge in [0, 0.05) is 25.8 Å². The number of pyridine rings is 1. The molecule has 2 saturated heterocycles. The number of likely N-dealkylation sites (N-methyl/N-ethyl adjacent to an activating group) is 1. The first kappa shape index (κ1) is 21.1. The van der Waals surface area contributed by atoms with Gasteiger partial charge in [-0.3, -0.25) is 18.9 Å². The molecule has 0 radical (unpaired) electrons. The normalized spacial score (nSPS) is 23.8. The highest BCUT2D eigenvalue weighted by molar-refractivity contribution is 8.26.